The number of hydrazone groups is 1. The van der Waals surface area contributed by atoms with Crippen molar-refractivity contribution in [3.05, 3.63) is 64.7 Å². The van der Waals surface area contributed by atoms with E-state index in [4.69, 9.17) is 16.3 Å². The van der Waals surface area contributed by atoms with Gasteiger partial charge in [-0.2, -0.15) is 5.10 Å². The Labute approximate surface area is 182 Å². The molecular formula is C23H28ClN3O3. The van der Waals surface area contributed by atoms with E-state index in [0.29, 0.717) is 23.1 Å². The number of carbonyl (C=O) groups excluding carboxylic acids is 2. The predicted molar refractivity (Wildman–Crippen MR) is 120 cm³/mol. The molecule has 0 radical (unpaired) electrons. The van der Waals surface area contributed by atoms with Crippen molar-refractivity contribution in [1.29, 1.82) is 0 Å². The minimum absolute atomic E-state index is 0.124. The molecule has 7 heteroatoms. The van der Waals surface area contributed by atoms with Crippen LogP contribution in [0.25, 0.3) is 0 Å². The molecular weight excluding hydrogens is 402 g/mol. The van der Waals surface area contributed by atoms with E-state index in [1.807, 2.05) is 38.1 Å². The normalized spacial score (nSPS) is 12.2. The van der Waals surface area contributed by atoms with Crippen LogP contribution >= 0.6 is 11.6 Å². The summed E-state index contributed by atoms with van der Waals surface area (Å²) in [6.07, 6.45) is 1.54. The number of carbonyl (C=O) groups is 2. The van der Waals surface area contributed by atoms with Crippen molar-refractivity contribution < 1.29 is 14.3 Å². The summed E-state index contributed by atoms with van der Waals surface area (Å²) in [6.45, 7) is 8.53. The maximum absolute atomic E-state index is 12.5. The quantitative estimate of drug-likeness (QED) is 0.461. The number of rotatable bonds is 9. The number of ether oxygens (including phenoxy) is 1. The van der Waals surface area contributed by atoms with Crippen molar-refractivity contribution in [3.63, 3.8) is 0 Å². The number of nitrogens with zero attached hydrogens (tertiary/aromatic N) is 1. The van der Waals surface area contributed by atoms with Crippen molar-refractivity contribution >= 4 is 29.6 Å². The van der Waals surface area contributed by atoms with Gasteiger partial charge in [0.25, 0.3) is 11.8 Å². The SMILES string of the molecule is CC(C)COc1ccc(C=NNC(=O)C(NC(=O)c2cccc(Cl)c2)C(C)C)cc1. The molecule has 160 valence electrons. The summed E-state index contributed by atoms with van der Waals surface area (Å²) in [6, 6.07) is 13.2. The summed E-state index contributed by atoms with van der Waals surface area (Å²) in [7, 11) is 0. The number of nitrogens with one attached hydrogen (secondary N) is 2. The molecule has 0 aliphatic heterocycles. The van der Waals surface area contributed by atoms with Gasteiger partial charge in [-0.1, -0.05) is 45.4 Å². The summed E-state index contributed by atoms with van der Waals surface area (Å²) < 4.78 is 5.64. The number of hydrogen-bond acceptors (Lipinski definition) is 4. The molecule has 1 unspecified atom stereocenters. The molecule has 0 fully saturated rings. The molecule has 2 aromatic rings. The monoisotopic (exact) mass is 429 g/mol. The van der Waals surface area contributed by atoms with Gasteiger partial charge in [-0.15, -0.1) is 0 Å². The molecule has 6 nitrogen and oxygen atoms in total. The van der Waals surface area contributed by atoms with E-state index in [1.54, 1.807) is 30.5 Å². The van der Waals surface area contributed by atoms with Crippen LogP contribution in [0.5, 0.6) is 5.75 Å². The van der Waals surface area contributed by atoms with Gasteiger partial charge in [-0.05, 0) is 59.9 Å². The number of halogens is 1. The molecule has 0 bridgehead atoms. The third-order valence-electron chi connectivity index (χ3n) is 4.17. The first-order chi connectivity index (χ1) is 14.3. The van der Waals surface area contributed by atoms with Crippen LogP contribution in [0.15, 0.2) is 53.6 Å². The molecule has 0 heterocycles. The maximum atomic E-state index is 12.5. The Morgan fingerprint density at radius 2 is 1.80 bits per heavy atom. The lowest BCUT2D eigenvalue weighted by Gasteiger charge is -2.20. The lowest BCUT2D eigenvalue weighted by Crippen LogP contribution is -2.48. The molecule has 2 N–H and O–H groups in total. The van der Waals surface area contributed by atoms with Crippen LogP contribution in [0, 0.1) is 11.8 Å². The van der Waals surface area contributed by atoms with Crippen LogP contribution in [0.2, 0.25) is 5.02 Å². The molecule has 1 atom stereocenters. The van der Waals surface area contributed by atoms with Gasteiger partial charge in [0.1, 0.15) is 11.8 Å². The second-order valence-corrected chi connectivity index (χ2v) is 8.15. The molecule has 0 aliphatic rings. The summed E-state index contributed by atoms with van der Waals surface area (Å²) >= 11 is 5.93. The van der Waals surface area contributed by atoms with Gasteiger partial charge < -0.3 is 10.1 Å². The zero-order chi connectivity index (χ0) is 22.1. The van der Waals surface area contributed by atoms with E-state index in [-0.39, 0.29) is 11.8 Å². The van der Waals surface area contributed by atoms with E-state index < -0.39 is 11.9 Å². The summed E-state index contributed by atoms with van der Waals surface area (Å²) in [5, 5.41) is 7.20. The Bertz CT molecular complexity index is 880. The van der Waals surface area contributed by atoms with Crippen LogP contribution in [0.4, 0.5) is 0 Å². The summed E-state index contributed by atoms with van der Waals surface area (Å²) in [5.41, 5.74) is 3.70. The minimum Gasteiger partial charge on any atom is -0.493 e. The Kier molecular flexibility index (Phi) is 8.87. The van der Waals surface area contributed by atoms with Gasteiger partial charge in [0.05, 0.1) is 12.8 Å². The first-order valence-corrected chi connectivity index (χ1v) is 10.3. The van der Waals surface area contributed by atoms with Gasteiger partial charge in [-0.3, -0.25) is 9.59 Å². The van der Waals surface area contributed by atoms with E-state index >= 15 is 0 Å². The Hall–Kier alpha value is -2.86. The van der Waals surface area contributed by atoms with Gasteiger partial charge >= 0.3 is 0 Å². The average Bonchev–Trinajstić information content (AvgIpc) is 2.70. The topological polar surface area (TPSA) is 79.8 Å². The van der Waals surface area contributed by atoms with Crippen molar-refractivity contribution in [2.45, 2.75) is 33.7 Å². The highest BCUT2D eigenvalue weighted by atomic mass is 35.5. The molecule has 2 rings (SSSR count). The minimum atomic E-state index is -0.736. The maximum Gasteiger partial charge on any atom is 0.262 e. The number of amides is 2. The second kappa shape index (κ2) is 11.4. The van der Waals surface area contributed by atoms with Crippen molar-refractivity contribution in [2.24, 2.45) is 16.9 Å². The van der Waals surface area contributed by atoms with Crippen molar-refractivity contribution in [1.82, 2.24) is 10.7 Å². The fourth-order valence-corrected chi connectivity index (χ4v) is 2.73. The van der Waals surface area contributed by atoms with Crippen molar-refractivity contribution in [3.8, 4) is 5.75 Å². The molecule has 0 aromatic heterocycles. The van der Waals surface area contributed by atoms with Crippen LogP contribution < -0.4 is 15.5 Å². The summed E-state index contributed by atoms with van der Waals surface area (Å²) in [4.78, 5) is 25.0. The van der Waals surface area contributed by atoms with Gasteiger partial charge in [-0.25, -0.2) is 5.43 Å². The highest BCUT2D eigenvalue weighted by molar-refractivity contribution is 6.31. The zero-order valence-corrected chi connectivity index (χ0v) is 18.4. The average molecular weight is 430 g/mol. The first-order valence-electron chi connectivity index (χ1n) is 9.88. The molecule has 2 aromatic carbocycles. The lowest BCUT2D eigenvalue weighted by atomic mass is 10.0. The third-order valence-corrected chi connectivity index (χ3v) is 4.41. The zero-order valence-electron chi connectivity index (χ0n) is 17.7. The molecule has 2 amide bonds. The molecule has 0 spiro atoms. The second-order valence-electron chi connectivity index (χ2n) is 7.71. The molecule has 0 saturated carbocycles. The van der Waals surface area contributed by atoms with Gasteiger partial charge in [0, 0.05) is 10.6 Å². The number of benzene rings is 2. The van der Waals surface area contributed by atoms with E-state index in [2.05, 4.69) is 29.7 Å². The fourth-order valence-electron chi connectivity index (χ4n) is 2.54. The van der Waals surface area contributed by atoms with E-state index in [0.717, 1.165) is 11.3 Å². The number of hydrogen-bond donors (Lipinski definition) is 2. The Morgan fingerprint density at radius 3 is 2.40 bits per heavy atom. The molecule has 0 aliphatic carbocycles. The van der Waals surface area contributed by atoms with Crippen LogP contribution in [0.3, 0.4) is 0 Å². The van der Waals surface area contributed by atoms with E-state index in [9.17, 15) is 9.59 Å². The predicted octanol–water partition coefficient (Wildman–Crippen LogP) is 4.28. The van der Waals surface area contributed by atoms with Crippen LogP contribution in [0.1, 0.15) is 43.6 Å². The van der Waals surface area contributed by atoms with Crippen LogP contribution in [-0.4, -0.2) is 30.7 Å². The highest BCUT2D eigenvalue weighted by Gasteiger charge is 2.24. The molecule has 0 saturated heterocycles. The standard InChI is InChI=1S/C23H28ClN3O3/c1-15(2)14-30-20-10-8-17(9-11-20)13-25-27-23(29)21(16(3)4)26-22(28)18-6-5-7-19(24)12-18/h5-13,15-16,21H,14H2,1-4H3,(H,26,28)(H,27,29). The summed E-state index contributed by atoms with van der Waals surface area (Å²) in [5.74, 6) is 0.352. The van der Waals surface area contributed by atoms with E-state index in [1.165, 1.54) is 0 Å². The fraction of sp³-hybridized carbons (Fsp3) is 0.348. The lowest BCUT2D eigenvalue weighted by molar-refractivity contribution is -0.123. The van der Waals surface area contributed by atoms with Crippen molar-refractivity contribution in [2.75, 3.05) is 6.61 Å². The van der Waals surface area contributed by atoms with Gasteiger partial charge in [0.2, 0.25) is 0 Å². The largest absolute Gasteiger partial charge is 0.493 e. The smallest absolute Gasteiger partial charge is 0.262 e. The Balaban J connectivity index is 1.94. The van der Waals surface area contributed by atoms with Crippen LogP contribution in [-0.2, 0) is 4.79 Å². The first kappa shape index (κ1) is 23.4. The van der Waals surface area contributed by atoms with Gasteiger partial charge in [0.15, 0.2) is 0 Å². The third kappa shape index (κ3) is 7.52. The highest BCUT2D eigenvalue weighted by Crippen LogP contribution is 2.13. The Morgan fingerprint density at radius 1 is 1.10 bits per heavy atom. The molecule has 30 heavy (non-hydrogen) atoms.